The van der Waals surface area contributed by atoms with Gasteiger partial charge in [-0.15, -0.1) is 3.89 Å². The van der Waals surface area contributed by atoms with E-state index in [9.17, 15) is 12.3 Å². The standard InChI is InChI=1S/C12H16FNO2S/c1-2-3-4-11-5-7-12(8-6-11)14-9-10-17(13,15)16/h5-9H,2-4,10H2,1H3. The maximum atomic E-state index is 12.2. The monoisotopic (exact) mass is 257 g/mol. The molecule has 0 radical (unpaired) electrons. The van der Waals surface area contributed by atoms with Gasteiger partial charge in [0.1, 0.15) is 5.75 Å². The predicted octanol–water partition coefficient (Wildman–Crippen LogP) is 3.03. The third-order valence-corrected chi connectivity index (χ3v) is 2.82. The number of hydrogen-bond acceptors (Lipinski definition) is 3. The Morgan fingerprint density at radius 1 is 1.29 bits per heavy atom. The predicted molar refractivity (Wildman–Crippen MR) is 68.1 cm³/mol. The molecule has 0 aromatic heterocycles. The van der Waals surface area contributed by atoms with Gasteiger partial charge in [0.05, 0.1) is 5.69 Å². The molecule has 1 rings (SSSR count). The van der Waals surface area contributed by atoms with Crippen LogP contribution in [0.2, 0.25) is 0 Å². The summed E-state index contributed by atoms with van der Waals surface area (Å²) in [6, 6.07) is 7.50. The van der Waals surface area contributed by atoms with E-state index in [0.29, 0.717) is 5.69 Å². The van der Waals surface area contributed by atoms with Crippen molar-refractivity contribution in [2.75, 3.05) is 5.75 Å². The van der Waals surface area contributed by atoms with Gasteiger partial charge >= 0.3 is 10.2 Å². The summed E-state index contributed by atoms with van der Waals surface area (Å²) in [5.41, 5.74) is 1.86. The molecule has 3 nitrogen and oxygen atoms in total. The van der Waals surface area contributed by atoms with Crippen LogP contribution in [0.15, 0.2) is 29.3 Å². The van der Waals surface area contributed by atoms with Gasteiger partial charge < -0.3 is 0 Å². The summed E-state index contributed by atoms with van der Waals surface area (Å²) in [4.78, 5) is 3.87. The van der Waals surface area contributed by atoms with Gasteiger partial charge in [-0.05, 0) is 30.5 Å². The Labute approximate surface area is 102 Å². The molecule has 0 unspecified atom stereocenters. The molecule has 1 aromatic carbocycles. The average Bonchev–Trinajstić information content (AvgIpc) is 2.26. The maximum absolute atomic E-state index is 12.2. The van der Waals surface area contributed by atoms with Crippen LogP contribution in [0, 0.1) is 0 Å². The smallest absolute Gasteiger partial charge is 0.260 e. The van der Waals surface area contributed by atoms with E-state index in [1.807, 2.05) is 12.1 Å². The SMILES string of the molecule is CCCCc1ccc(N=CCS(=O)(=O)F)cc1. The van der Waals surface area contributed by atoms with Crippen molar-refractivity contribution in [3.8, 4) is 0 Å². The fourth-order valence-electron chi connectivity index (χ4n) is 1.36. The van der Waals surface area contributed by atoms with E-state index in [4.69, 9.17) is 0 Å². The second-order valence-corrected chi connectivity index (χ2v) is 5.20. The minimum Gasteiger partial charge on any atom is -0.260 e. The second kappa shape index (κ2) is 6.49. The lowest BCUT2D eigenvalue weighted by Crippen LogP contribution is -1.98. The van der Waals surface area contributed by atoms with E-state index in [2.05, 4.69) is 11.9 Å². The van der Waals surface area contributed by atoms with Gasteiger partial charge in [-0.25, -0.2) is 0 Å². The van der Waals surface area contributed by atoms with E-state index in [1.54, 1.807) is 12.1 Å². The lowest BCUT2D eigenvalue weighted by Gasteiger charge is -1.99. The van der Waals surface area contributed by atoms with E-state index >= 15 is 0 Å². The molecular weight excluding hydrogens is 241 g/mol. The Bertz CT molecular complexity index is 466. The summed E-state index contributed by atoms with van der Waals surface area (Å²) in [6.45, 7) is 2.13. The van der Waals surface area contributed by atoms with Crippen LogP contribution in [-0.2, 0) is 16.6 Å². The Morgan fingerprint density at radius 3 is 2.47 bits per heavy atom. The number of aliphatic imine (C=N–C) groups is 1. The third kappa shape index (κ3) is 6.16. The summed E-state index contributed by atoms with van der Waals surface area (Å²) < 4.78 is 32.6. The van der Waals surface area contributed by atoms with Crippen molar-refractivity contribution in [1.29, 1.82) is 0 Å². The van der Waals surface area contributed by atoms with Crippen LogP contribution >= 0.6 is 0 Å². The van der Waals surface area contributed by atoms with Crippen LogP contribution in [0.4, 0.5) is 9.57 Å². The molecule has 0 heterocycles. The largest absolute Gasteiger partial charge is 0.307 e. The third-order valence-electron chi connectivity index (χ3n) is 2.27. The van der Waals surface area contributed by atoms with Gasteiger partial charge in [0.25, 0.3) is 0 Å². The first-order valence-corrected chi connectivity index (χ1v) is 7.10. The molecule has 0 fully saturated rings. The highest BCUT2D eigenvalue weighted by molar-refractivity contribution is 7.87. The fourth-order valence-corrected chi connectivity index (χ4v) is 1.61. The summed E-state index contributed by atoms with van der Waals surface area (Å²) in [7, 11) is -4.46. The Hall–Kier alpha value is -1.23. The van der Waals surface area contributed by atoms with E-state index in [-0.39, 0.29) is 0 Å². The van der Waals surface area contributed by atoms with Crippen LogP contribution in [0.3, 0.4) is 0 Å². The van der Waals surface area contributed by atoms with Crippen LogP contribution in [0.1, 0.15) is 25.3 Å². The van der Waals surface area contributed by atoms with Crippen molar-refractivity contribution in [2.45, 2.75) is 26.2 Å². The van der Waals surface area contributed by atoms with E-state index < -0.39 is 16.0 Å². The van der Waals surface area contributed by atoms with Gasteiger partial charge in [0.15, 0.2) is 0 Å². The van der Waals surface area contributed by atoms with Crippen LogP contribution in [0.5, 0.6) is 0 Å². The summed E-state index contributed by atoms with van der Waals surface area (Å²) in [5.74, 6) is -0.676. The number of unbranched alkanes of at least 4 members (excludes halogenated alkanes) is 1. The van der Waals surface area contributed by atoms with E-state index in [1.165, 1.54) is 5.56 Å². The zero-order valence-electron chi connectivity index (χ0n) is 9.77. The average molecular weight is 257 g/mol. The zero-order chi connectivity index (χ0) is 12.7. The molecule has 0 amide bonds. The maximum Gasteiger partial charge on any atom is 0.307 e. The number of halogens is 1. The summed E-state index contributed by atoms with van der Waals surface area (Å²) in [6.07, 6.45) is 4.38. The van der Waals surface area contributed by atoms with Crippen molar-refractivity contribution in [2.24, 2.45) is 4.99 Å². The molecule has 0 atom stereocenters. The minimum atomic E-state index is -4.46. The quantitative estimate of drug-likeness (QED) is 0.581. The van der Waals surface area contributed by atoms with Gasteiger partial charge in [-0.2, -0.15) is 8.42 Å². The van der Waals surface area contributed by atoms with E-state index in [0.717, 1.165) is 25.5 Å². The van der Waals surface area contributed by atoms with Gasteiger partial charge in [-0.1, -0.05) is 25.5 Å². The van der Waals surface area contributed by atoms with Crippen molar-refractivity contribution in [1.82, 2.24) is 0 Å². The van der Waals surface area contributed by atoms with Crippen LogP contribution < -0.4 is 0 Å². The van der Waals surface area contributed by atoms with Crippen molar-refractivity contribution < 1.29 is 12.3 Å². The number of aryl methyl sites for hydroxylation is 1. The topological polar surface area (TPSA) is 46.5 Å². The lowest BCUT2D eigenvalue weighted by molar-refractivity contribution is 0.557. The molecule has 0 N–H and O–H groups in total. The molecule has 17 heavy (non-hydrogen) atoms. The number of benzene rings is 1. The van der Waals surface area contributed by atoms with Crippen LogP contribution in [-0.4, -0.2) is 20.4 Å². The minimum absolute atomic E-state index is 0.633. The molecule has 0 bridgehead atoms. The zero-order valence-corrected chi connectivity index (χ0v) is 10.6. The highest BCUT2D eigenvalue weighted by Crippen LogP contribution is 2.14. The molecule has 0 aliphatic rings. The van der Waals surface area contributed by atoms with Crippen molar-refractivity contribution in [3.05, 3.63) is 29.8 Å². The fraction of sp³-hybridized carbons (Fsp3) is 0.417. The first-order valence-electron chi connectivity index (χ1n) is 5.55. The summed E-state index contributed by atoms with van der Waals surface area (Å²) in [5, 5.41) is 0. The molecule has 94 valence electrons. The summed E-state index contributed by atoms with van der Waals surface area (Å²) >= 11 is 0. The van der Waals surface area contributed by atoms with Gasteiger partial charge in [0, 0.05) is 6.21 Å². The molecule has 0 aliphatic heterocycles. The number of hydrogen-bond donors (Lipinski definition) is 0. The lowest BCUT2D eigenvalue weighted by atomic mass is 10.1. The Morgan fingerprint density at radius 2 is 1.94 bits per heavy atom. The number of nitrogens with zero attached hydrogens (tertiary/aromatic N) is 1. The first-order chi connectivity index (χ1) is 8.01. The van der Waals surface area contributed by atoms with Crippen molar-refractivity contribution in [3.63, 3.8) is 0 Å². The van der Waals surface area contributed by atoms with Gasteiger partial charge in [-0.3, -0.25) is 4.99 Å². The normalized spacial score (nSPS) is 12.1. The molecule has 0 aliphatic carbocycles. The van der Waals surface area contributed by atoms with Crippen molar-refractivity contribution >= 4 is 22.1 Å². The molecule has 5 heteroatoms. The molecule has 1 aromatic rings. The first kappa shape index (κ1) is 13.8. The highest BCUT2D eigenvalue weighted by atomic mass is 32.3. The van der Waals surface area contributed by atoms with Gasteiger partial charge in [0.2, 0.25) is 0 Å². The second-order valence-electron chi connectivity index (χ2n) is 3.79. The molecule has 0 saturated carbocycles. The highest BCUT2D eigenvalue weighted by Gasteiger charge is 2.02. The molecular formula is C12H16FNO2S. The van der Waals surface area contributed by atoms with Crippen LogP contribution in [0.25, 0.3) is 0 Å². The molecule has 0 spiro atoms. The Kier molecular flexibility index (Phi) is 5.28. The Balaban J connectivity index is 2.56. The number of rotatable bonds is 6. The molecule has 0 saturated heterocycles.